The molecule has 0 fully saturated rings. The standard InChI is InChI=1S/C18H26N2.Pt/c1-11(2)17-14(6)8-13(5)15(7)18(17)16-9-19-20(10-16)12(3)4;/h8-12H,1-7H3;. The molecule has 0 saturated carbocycles. The third-order valence-corrected chi connectivity index (χ3v) is 4.09. The fourth-order valence-corrected chi connectivity index (χ4v) is 2.97. The Morgan fingerprint density at radius 3 is 2.10 bits per heavy atom. The molecule has 0 aliphatic carbocycles. The van der Waals surface area contributed by atoms with E-state index in [0.29, 0.717) is 12.0 Å². The molecule has 118 valence electrons. The molecule has 0 unspecified atom stereocenters. The fraction of sp³-hybridized carbons (Fsp3) is 0.500. The summed E-state index contributed by atoms with van der Waals surface area (Å²) >= 11 is 0. The van der Waals surface area contributed by atoms with Crippen molar-refractivity contribution in [3.8, 4) is 11.1 Å². The molecule has 0 radical (unpaired) electrons. The Labute approximate surface area is 143 Å². The maximum Gasteiger partial charge on any atom is 0.0568 e. The monoisotopic (exact) mass is 465 g/mol. The van der Waals surface area contributed by atoms with Gasteiger partial charge in [-0.15, -0.1) is 0 Å². The molecule has 2 nitrogen and oxygen atoms in total. The van der Waals surface area contributed by atoms with Gasteiger partial charge >= 0.3 is 0 Å². The van der Waals surface area contributed by atoms with Crippen LogP contribution in [0.1, 0.15) is 61.9 Å². The van der Waals surface area contributed by atoms with Gasteiger partial charge in [-0.1, -0.05) is 19.9 Å². The SMILES string of the molecule is Cc1cc(C)c(C(C)C)c(-c2cnn(C(C)C)c2)c1C.[Pt]. The first-order valence-electron chi connectivity index (χ1n) is 7.48. The summed E-state index contributed by atoms with van der Waals surface area (Å²) in [7, 11) is 0. The molecule has 2 rings (SSSR count). The number of aryl methyl sites for hydroxylation is 2. The minimum Gasteiger partial charge on any atom is -0.270 e. The topological polar surface area (TPSA) is 17.8 Å². The summed E-state index contributed by atoms with van der Waals surface area (Å²) in [5, 5.41) is 4.51. The van der Waals surface area contributed by atoms with Crippen molar-refractivity contribution in [2.75, 3.05) is 0 Å². The molecule has 0 bridgehead atoms. The predicted molar refractivity (Wildman–Crippen MR) is 86.3 cm³/mol. The van der Waals surface area contributed by atoms with Gasteiger partial charge in [0.2, 0.25) is 0 Å². The van der Waals surface area contributed by atoms with Gasteiger partial charge in [-0.05, 0) is 68.4 Å². The first kappa shape index (κ1) is 18.2. The quantitative estimate of drug-likeness (QED) is 0.611. The van der Waals surface area contributed by atoms with Crippen LogP contribution in [0.15, 0.2) is 18.5 Å². The zero-order chi connectivity index (χ0) is 15.0. The van der Waals surface area contributed by atoms with E-state index in [9.17, 15) is 0 Å². The third kappa shape index (κ3) is 3.48. The van der Waals surface area contributed by atoms with Crippen LogP contribution in [0.4, 0.5) is 0 Å². The van der Waals surface area contributed by atoms with Crippen molar-refractivity contribution < 1.29 is 21.1 Å². The molecule has 0 saturated heterocycles. The van der Waals surface area contributed by atoms with Gasteiger partial charge in [-0.25, -0.2) is 0 Å². The van der Waals surface area contributed by atoms with Crippen molar-refractivity contribution in [1.82, 2.24) is 9.78 Å². The molecule has 0 N–H and O–H groups in total. The van der Waals surface area contributed by atoms with Crippen molar-refractivity contribution in [2.24, 2.45) is 0 Å². The molecule has 0 atom stereocenters. The molecule has 0 spiro atoms. The summed E-state index contributed by atoms with van der Waals surface area (Å²) in [5.74, 6) is 0.520. The zero-order valence-electron chi connectivity index (χ0n) is 14.1. The molecule has 21 heavy (non-hydrogen) atoms. The summed E-state index contributed by atoms with van der Waals surface area (Å²) < 4.78 is 2.04. The van der Waals surface area contributed by atoms with Crippen molar-refractivity contribution >= 4 is 0 Å². The van der Waals surface area contributed by atoms with Crippen LogP contribution in [0, 0.1) is 20.8 Å². The average Bonchev–Trinajstić information content (AvgIpc) is 2.82. The first-order chi connectivity index (χ1) is 9.32. The van der Waals surface area contributed by atoms with E-state index >= 15 is 0 Å². The summed E-state index contributed by atoms with van der Waals surface area (Å²) in [6.07, 6.45) is 4.19. The van der Waals surface area contributed by atoms with E-state index in [4.69, 9.17) is 0 Å². The van der Waals surface area contributed by atoms with E-state index in [1.165, 1.54) is 33.4 Å². The molecule has 3 heteroatoms. The van der Waals surface area contributed by atoms with Crippen molar-refractivity contribution in [2.45, 2.75) is 60.4 Å². The maximum atomic E-state index is 4.51. The summed E-state index contributed by atoms with van der Waals surface area (Å²) in [4.78, 5) is 0. The van der Waals surface area contributed by atoms with Gasteiger partial charge in [0.05, 0.1) is 6.20 Å². The Balaban J connectivity index is 0.00000220. The number of rotatable bonds is 3. The van der Waals surface area contributed by atoms with Gasteiger partial charge in [0.1, 0.15) is 0 Å². The van der Waals surface area contributed by atoms with Gasteiger partial charge in [0, 0.05) is 38.9 Å². The van der Waals surface area contributed by atoms with Crippen LogP contribution in [-0.4, -0.2) is 9.78 Å². The normalized spacial score (nSPS) is 11.1. The van der Waals surface area contributed by atoms with Crippen molar-refractivity contribution in [1.29, 1.82) is 0 Å². The minimum atomic E-state index is 0. The molecule has 2 aromatic rings. The van der Waals surface area contributed by atoms with Gasteiger partial charge < -0.3 is 0 Å². The van der Waals surface area contributed by atoms with E-state index in [1.807, 2.05) is 10.9 Å². The summed E-state index contributed by atoms with van der Waals surface area (Å²) in [6, 6.07) is 2.71. The molecule has 0 aliphatic rings. The second-order valence-electron chi connectivity index (χ2n) is 6.38. The molecule has 1 heterocycles. The van der Waals surface area contributed by atoms with Crippen LogP contribution >= 0.6 is 0 Å². The Hall–Kier alpha value is -0.882. The van der Waals surface area contributed by atoms with E-state index < -0.39 is 0 Å². The van der Waals surface area contributed by atoms with E-state index in [2.05, 4.69) is 65.8 Å². The van der Waals surface area contributed by atoms with Gasteiger partial charge in [0.15, 0.2) is 0 Å². The molecular weight excluding hydrogens is 439 g/mol. The molecule has 0 aliphatic heterocycles. The molecular formula is C18H26N2Pt. The van der Waals surface area contributed by atoms with Gasteiger partial charge in [-0.2, -0.15) is 5.10 Å². The van der Waals surface area contributed by atoms with Crippen LogP contribution < -0.4 is 0 Å². The fourth-order valence-electron chi connectivity index (χ4n) is 2.97. The van der Waals surface area contributed by atoms with Gasteiger partial charge in [0.25, 0.3) is 0 Å². The summed E-state index contributed by atoms with van der Waals surface area (Å²) in [6.45, 7) is 15.5. The minimum absolute atomic E-state index is 0. The number of hydrogen-bond acceptors (Lipinski definition) is 1. The second-order valence-corrected chi connectivity index (χ2v) is 6.38. The van der Waals surface area contributed by atoms with E-state index in [-0.39, 0.29) is 21.1 Å². The largest absolute Gasteiger partial charge is 0.270 e. The zero-order valence-corrected chi connectivity index (χ0v) is 16.4. The number of benzene rings is 1. The van der Waals surface area contributed by atoms with Crippen molar-refractivity contribution in [3.63, 3.8) is 0 Å². The van der Waals surface area contributed by atoms with Gasteiger partial charge in [-0.3, -0.25) is 4.68 Å². The second kappa shape index (κ2) is 6.92. The predicted octanol–water partition coefficient (Wildman–Crippen LogP) is 5.18. The van der Waals surface area contributed by atoms with E-state index in [1.54, 1.807) is 0 Å². The Kier molecular flexibility index (Phi) is 5.99. The van der Waals surface area contributed by atoms with Crippen LogP contribution in [-0.2, 0) is 21.1 Å². The Bertz CT molecular complexity index is 624. The number of nitrogens with zero attached hydrogens (tertiary/aromatic N) is 2. The number of hydrogen-bond donors (Lipinski definition) is 0. The average molecular weight is 465 g/mol. The van der Waals surface area contributed by atoms with Crippen LogP contribution in [0.2, 0.25) is 0 Å². The first-order valence-corrected chi connectivity index (χ1v) is 7.48. The summed E-state index contributed by atoms with van der Waals surface area (Å²) in [5.41, 5.74) is 8.20. The van der Waals surface area contributed by atoms with Crippen LogP contribution in [0.5, 0.6) is 0 Å². The molecule has 0 amide bonds. The van der Waals surface area contributed by atoms with E-state index in [0.717, 1.165) is 0 Å². The smallest absolute Gasteiger partial charge is 0.0568 e. The Morgan fingerprint density at radius 1 is 1.00 bits per heavy atom. The van der Waals surface area contributed by atoms with Crippen LogP contribution in [0.3, 0.4) is 0 Å². The molecule has 1 aromatic carbocycles. The Morgan fingerprint density at radius 2 is 1.62 bits per heavy atom. The van der Waals surface area contributed by atoms with Crippen LogP contribution in [0.25, 0.3) is 11.1 Å². The van der Waals surface area contributed by atoms with Crippen molar-refractivity contribution in [3.05, 3.63) is 40.7 Å². The third-order valence-electron chi connectivity index (χ3n) is 4.09. The number of aromatic nitrogens is 2. The molecule has 1 aromatic heterocycles. The maximum absolute atomic E-state index is 4.51.